The third-order valence-corrected chi connectivity index (χ3v) is 7.86. The highest BCUT2D eigenvalue weighted by atomic mass is 16.1. The van der Waals surface area contributed by atoms with Crippen molar-refractivity contribution in [1.82, 2.24) is 9.88 Å². The van der Waals surface area contributed by atoms with Crippen LogP contribution in [0.5, 0.6) is 0 Å². The Morgan fingerprint density at radius 3 is 2.90 bits per heavy atom. The van der Waals surface area contributed by atoms with Gasteiger partial charge in [0, 0.05) is 41.3 Å². The maximum Gasteiger partial charge on any atom is 0.123 e. The lowest BCUT2D eigenvalue weighted by Crippen LogP contribution is -2.49. The van der Waals surface area contributed by atoms with Gasteiger partial charge in [0.15, 0.2) is 0 Å². The summed E-state index contributed by atoms with van der Waals surface area (Å²) in [7, 11) is 0. The minimum Gasteiger partial charge on any atom is -0.372 e. The summed E-state index contributed by atoms with van der Waals surface area (Å²) < 4.78 is 0. The zero-order valence-corrected chi connectivity index (χ0v) is 17.7. The van der Waals surface area contributed by atoms with Gasteiger partial charge in [-0.3, -0.25) is 0 Å². The normalized spacial score (nSPS) is 28.2. The Balaban J connectivity index is 1.36. The van der Waals surface area contributed by atoms with Gasteiger partial charge in [0.25, 0.3) is 0 Å². The number of likely N-dealkylation sites (tertiary alicyclic amines) is 1. The zero-order valence-electron chi connectivity index (χ0n) is 17.7. The lowest BCUT2D eigenvalue weighted by atomic mass is 9.71. The molecule has 1 saturated heterocycles. The molecule has 3 fully saturated rings. The summed E-state index contributed by atoms with van der Waals surface area (Å²) in [6.45, 7) is 8.01. The molecule has 4 unspecified atom stereocenters. The Morgan fingerprint density at radius 2 is 2.10 bits per heavy atom. The van der Waals surface area contributed by atoms with Crippen LogP contribution in [0.15, 0.2) is 36.7 Å². The van der Waals surface area contributed by atoms with Crippen molar-refractivity contribution >= 4 is 17.2 Å². The van der Waals surface area contributed by atoms with E-state index in [9.17, 15) is 4.79 Å². The van der Waals surface area contributed by atoms with E-state index >= 15 is 0 Å². The predicted octanol–water partition coefficient (Wildman–Crippen LogP) is 6.13. The number of fused-ring (bicyclic) bond motifs is 2. The number of aromatic nitrogens is 1. The van der Waals surface area contributed by atoms with E-state index < -0.39 is 0 Å². The fourth-order valence-corrected chi connectivity index (χ4v) is 6.24. The molecule has 2 aliphatic carbocycles. The van der Waals surface area contributed by atoms with Crippen LogP contribution in [-0.2, 0) is 4.79 Å². The minimum atomic E-state index is 0.261. The molecule has 1 N–H and O–H groups in total. The molecule has 0 bridgehead atoms. The number of piperidine rings is 1. The predicted molar refractivity (Wildman–Crippen MR) is 119 cm³/mol. The van der Waals surface area contributed by atoms with E-state index in [0.717, 1.165) is 25.3 Å². The van der Waals surface area contributed by atoms with Crippen LogP contribution in [0.3, 0.4) is 0 Å². The Hall–Kier alpha value is -2.03. The Morgan fingerprint density at radius 1 is 1.24 bits per heavy atom. The number of nitrogens with zero attached hydrogens (tertiary/aromatic N) is 1. The first-order valence-corrected chi connectivity index (χ1v) is 11.7. The van der Waals surface area contributed by atoms with Crippen LogP contribution in [-0.4, -0.2) is 28.8 Å². The molecule has 3 heteroatoms. The summed E-state index contributed by atoms with van der Waals surface area (Å²) in [6, 6.07) is 7.26. The van der Waals surface area contributed by atoms with Crippen molar-refractivity contribution in [1.29, 1.82) is 0 Å². The summed E-state index contributed by atoms with van der Waals surface area (Å²) >= 11 is 0. The standard InChI is InChI=1S/C26H34N2O/c1-17(23-15-27-24-9-4-7-22(26(23)24)19-11-12-19)14-18(2)28-13-5-8-21-20(16-29)6-3-10-25(21)28/h4,7,9,15-17,19-21,25,27H,2-3,5-6,8,10-14H2,1H3. The van der Waals surface area contributed by atoms with Gasteiger partial charge in [-0.15, -0.1) is 0 Å². The summed E-state index contributed by atoms with van der Waals surface area (Å²) in [4.78, 5) is 17.7. The molecule has 1 aromatic heterocycles. The van der Waals surface area contributed by atoms with Gasteiger partial charge >= 0.3 is 0 Å². The van der Waals surface area contributed by atoms with Crippen LogP contribution in [0.2, 0.25) is 0 Å². The third-order valence-electron chi connectivity index (χ3n) is 7.86. The number of H-pyrrole nitrogens is 1. The van der Waals surface area contributed by atoms with Crippen LogP contribution in [0.25, 0.3) is 10.9 Å². The fourth-order valence-electron chi connectivity index (χ4n) is 6.24. The van der Waals surface area contributed by atoms with Crippen molar-refractivity contribution in [2.24, 2.45) is 11.8 Å². The van der Waals surface area contributed by atoms with E-state index in [4.69, 9.17) is 0 Å². The fraction of sp³-hybridized carbons (Fsp3) is 0.577. The van der Waals surface area contributed by atoms with Crippen LogP contribution >= 0.6 is 0 Å². The number of hydrogen-bond acceptors (Lipinski definition) is 2. The molecule has 29 heavy (non-hydrogen) atoms. The maximum absolute atomic E-state index is 11.6. The van der Waals surface area contributed by atoms with Crippen molar-refractivity contribution in [2.45, 2.75) is 76.2 Å². The van der Waals surface area contributed by atoms with E-state index in [1.54, 1.807) is 0 Å². The summed E-state index contributed by atoms with van der Waals surface area (Å²) in [5.41, 5.74) is 5.54. The van der Waals surface area contributed by atoms with E-state index in [-0.39, 0.29) is 5.92 Å². The maximum atomic E-state index is 11.6. The first kappa shape index (κ1) is 19.0. The van der Waals surface area contributed by atoms with Crippen molar-refractivity contribution in [2.75, 3.05) is 6.54 Å². The molecule has 3 nitrogen and oxygen atoms in total. The Kier molecular flexibility index (Phi) is 5.01. The van der Waals surface area contributed by atoms with Gasteiger partial charge in [-0.05, 0) is 79.9 Å². The van der Waals surface area contributed by atoms with Crippen molar-refractivity contribution in [3.8, 4) is 0 Å². The number of hydrogen-bond donors (Lipinski definition) is 1. The molecule has 2 aromatic rings. The number of nitrogens with one attached hydrogen (secondary N) is 1. The molecule has 0 spiro atoms. The average molecular weight is 391 g/mol. The number of carbonyl (C=O) groups excluding carboxylic acids is 1. The number of allylic oxidation sites excluding steroid dienone is 1. The van der Waals surface area contributed by atoms with Gasteiger partial charge in [0.1, 0.15) is 6.29 Å². The number of aromatic amines is 1. The second-order valence-electron chi connectivity index (χ2n) is 9.76. The van der Waals surface area contributed by atoms with Crippen molar-refractivity contribution in [3.05, 3.63) is 47.8 Å². The lowest BCUT2D eigenvalue weighted by Gasteiger charge is -2.48. The van der Waals surface area contributed by atoms with Gasteiger partial charge in [-0.25, -0.2) is 0 Å². The molecule has 2 heterocycles. The van der Waals surface area contributed by atoms with Crippen molar-refractivity contribution < 1.29 is 4.79 Å². The molecule has 154 valence electrons. The molecule has 3 aliphatic rings. The van der Waals surface area contributed by atoms with E-state index in [0.29, 0.717) is 17.9 Å². The highest BCUT2D eigenvalue weighted by Gasteiger charge is 2.39. The van der Waals surface area contributed by atoms with E-state index in [1.165, 1.54) is 72.5 Å². The van der Waals surface area contributed by atoms with Crippen LogP contribution in [0.4, 0.5) is 0 Å². The monoisotopic (exact) mass is 390 g/mol. The van der Waals surface area contributed by atoms with Crippen LogP contribution in [0, 0.1) is 11.8 Å². The van der Waals surface area contributed by atoms with Gasteiger partial charge in [0.2, 0.25) is 0 Å². The summed E-state index contributed by atoms with van der Waals surface area (Å²) in [5.74, 6) is 2.00. The largest absolute Gasteiger partial charge is 0.372 e. The number of rotatable bonds is 6. The number of aldehydes is 1. The average Bonchev–Trinajstić information content (AvgIpc) is 3.50. The molecule has 0 radical (unpaired) electrons. The highest BCUT2D eigenvalue weighted by molar-refractivity contribution is 5.88. The molecule has 2 saturated carbocycles. The lowest BCUT2D eigenvalue weighted by molar-refractivity contribution is -0.115. The number of benzene rings is 1. The summed E-state index contributed by atoms with van der Waals surface area (Å²) in [5, 5.41) is 1.46. The number of carbonyl (C=O) groups is 1. The SMILES string of the molecule is C=C(CC(C)c1c[nH]c2cccc(C3CC3)c12)N1CCCC2C(C=O)CCCC21. The molecular formula is C26H34N2O. The smallest absolute Gasteiger partial charge is 0.123 e. The van der Waals surface area contributed by atoms with Gasteiger partial charge < -0.3 is 14.7 Å². The van der Waals surface area contributed by atoms with E-state index in [2.05, 4.69) is 47.8 Å². The first-order valence-electron chi connectivity index (χ1n) is 11.7. The molecular weight excluding hydrogens is 356 g/mol. The Bertz CT molecular complexity index is 909. The van der Waals surface area contributed by atoms with Gasteiger partial charge in [-0.2, -0.15) is 0 Å². The zero-order chi connectivity index (χ0) is 20.0. The Labute approximate surface area is 174 Å². The molecule has 0 amide bonds. The molecule has 1 aromatic carbocycles. The van der Waals surface area contributed by atoms with Crippen LogP contribution < -0.4 is 0 Å². The van der Waals surface area contributed by atoms with Crippen molar-refractivity contribution in [3.63, 3.8) is 0 Å². The topological polar surface area (TPSA) is 36.1 Å². The van der Waals surface area contributed by atoms with Gasteiger partial charge in [-0.1, -0.05) is 32.1 Å². The molecule has 1 aliphatic heterocycles. The second kappa shape index (κ2) is 7.66. The highest BCUT2D eigenvalue weighted by Crippen LogP contribution is 2.46. The van der Waals surface area contributed by atoms with Gasteiger partial charge in [0.05, 0.1) is 0 Å². The first-order chi connectivity index (χ1) is 14.2. The van der Waals surface area contributed by atoms with E-state index in [1.807, 2.05) is 0 Å². The van der Waals surface area contributed by atoms with Crippen LogP contribution in [0.1, 0.15) is 81.3 Å². The quantitative estimate of drug-likeness (QED) is 0.602. The minimum absolute atomic E-state index is 0.261. The molecule has 4 atom stereocenters. The molecule has 5 rings (SSSR count). The summed E-state index contributed by atoms with van der Waals surface area (Å²) in [6.07, 6.45) is 13.0. The second-order valence-corrected chi connectivity index (χ2v) is 9.76. The third kappa shape index (κ3) is 3.43.